The highest BCUT2D eigenvalue weighted by Crippen LogP contribution is 2.23. The Morgan fingerprint density at radius 2 is 2.00 bits per heavy atom. The quantitative estimate of drug-likeness (QED) is 0.633. The van der Waals surface area contributed by atoms with Crippen LogP contribution in [-0.4, -0.2) is 34.1 Å². The van der Waals surface area contributed by atoms with Gasteiger partial charge in [-0.2, -0.15) is 4.98 Å². The van der Waals surface area contributed by atoms with Crippen molar-refractivity contribution in [1.82, 2.24) is 20.4 Å². The van der Waals surface area contributed by atoms with E-state index in [0.29, 0.717) is 42.6 Å². The van der Waals surface area contributed by atoms with Gasteiger partial charge in [-0.1, -0.05) is 5.16 Å². The minimum atomic E-state index is -0.367. The molecule has 0 fully saturated rings. The van der Waals surface area contributed by atoms with E-state index in [4.69, 9.17) is 4.52 Å². The molecule has 0 aliphatic heterocycles. The predicted octanol–water partition coefficient (Wildman–Crippen LogP) is 2.81. The van der Waals surface area contributed by atoms with E-state index in [1.165, 1.54) is 24.3 Å². The third-order valence-electron chi connectivity index (χ3n) is 3.60. The molecule has 0 unspecified atom stereocenters. The van der Waals surface area contributed by atoms with Crippen LogP contribution in [0.15, 0.2) is 47.1 Å². The second-order valence-electron chi connectivity index (χ2n) is 5.59. The van der Waals surface area contributed by atoms with Gasteiger partial charge in [0, 0.05) is 24.8 Å². The standard InChI is InChI=1S/C18H18FN5O2/c1-12-23-18(26-24-12)15-4-2-9-20-16(15)21-10-3-11-22-17(25)13-5-7-14(19)8-6-13/h2,4-9H,3,10-11H2,1H3,(H,20,21)(H,22,25). The largest absolute Gasteiger partial charge is 0.369 e. The number of nitrogens with zero attached hydrogens (tertiary/aromatic N) is 3. The monoisotopic (exact) mass is 355 g/mol. The Labute approximate surface area is 149 Å². The summed E-state index contributed by atoms with van der Waals surface area (Å²) in [5, 5.41) is 9.78. The second-order valence-corrected chi connectivity index (χ2v) is 5.59. The predicted molar refractivity (Wildman–Crippen MR) is 94.1 cm³/mol. The Kier molecular flexibility index (Phi) is 5.52. The Hall–Kier alpha value is -3.29. The zero-order valence-electron chi connectivity index (χ0n) is 14.2. The Bertz CT molecular complexity index is 879. The number of carbonyl (C=O) groups is 1. The highest BCUT2D eigenvalue weighted by molar-refractivity contribution is 5.94. The molecule has 1 amide bonds. The fourth-order valence-electron chi connectivity index (χ4n) is 2.33. The van der Waals surface area contributed by atoms with Gasteiger partial charge in [-0.05, 0) is 49.7 Å². The number of hydrogen-bond donors (Lipinski definition) is 2. The molecule has 0 radical (unpaired) electrons. The van der Waals surface area contributed by atoms with E-state index in [2.05, 4.69) is 25.8 Å². The van der Waals surface area contributed by atoms with Crippen LogP contribution in [0.3, 0.4) is 0 Å². The molecule has 3 rings (SSSR count). The lowest BCUT2D eigenvalue weighted by atomic mass is 10.2. The molecule has 0 saturated heterocycles. The minimum Gasteiger partial charge on any atom is -0.369 e. The van der Waals surface area contributed by atoms with Gasteiger partial charge in [0.15, 0.2) is 5.82 Å². The first kappa shape index (κ1) is 17.5. The maximum Gasteiger partial charge on any atom is 0.261 e. The third-order valence-corrected chi connectivity index (χ3v) is 3.60. The number of amides is 1. The molecule has 0 bridgehead atoms. The lowest BCUT2D eigenvalue weighted by Gasteiger charge is -2.09. The highest BCUT2D eigenvalue weighted by Gasteiger charge is 2.12. The molecular formula is C18H18FN5O2. The van der Waals surface area contributed by atoms with Gasteiger partial charge >= 0.3 is 0 Å². The lowest BCUT2D eigenvalue weighted by Crippen LogP contribution is -2.25. The molecule has 1 aromatic carbocycles. The van der Waals surface area contributed by atoms with Gasteiger partial charge in [-0.25, -0.2) is 9.37 Å². The first-order valence-corrected chi connectivity index (χ1v) is 8.17. The van der Waals surface area contributed by atoms with Crippen molar-refractivity contribution in [3.05, 3.63) is 59.8 Å². The summed E-state index contributed by atoms with van der Waals surface area (Å²) in [6.45, 7) is 2.83. The minimum absolute atomic E-state index is 0.232. The van der Waals surface area contributed by atoms with Crippen LogP contribution in [0.25, 0.3) is 11.5 Å². The van der Waals surface area contributed by atoms with Crippen molar-refractivity contribution in [2.24, 2.45) is 0 Å². The van der Waals surface area contributed by atoms with Crippen LogP contribution in [0.2, 0.25) is 0 Å². The molecule has 3 aromatic rings. The van der Waals surface area contributed by atoms with E-state index in [9.17, 15) is 9.18 Å². The number of hydrogen-bond acceptors (Lipinski definition) is 6. The number of aromatic nitrogens is 3. The summed E-state index contributed by atoms with van der Waals surface area (Å²) in [7, 11) is 0. The third kappa shape index (κ3) is 4.41. The van der Waals surface area contributed by atoms with Gasteiger partial charge in [-0.3, -0.25) is 4.79 Å². The Balaban J connectivity index is 1.48. The van der Waals surface area contributed by atoms with Gasteiger partial charge in [0.25, 0.3) is 11.8 Å². The first-order chi connectivity index (χ1) is 12.6. The summed E-state index contributed by atoms with van der Waals surface area (Å²) < 4.78 is 18.0. The summed E-state index contributed by atoms with van der Waals surface area (Å²) in [6, 6.07) is 9.07. The molecule has 8 heteroatoms. The maximum atomic E-state index is 12.9. The molecule has 7 nitrogen and oxygen atoms in total. The van der Waals surface area contributed by atoms with Crippen molar-refractivity contribution in [1.29, 1.82) is 0 Å². The van der Waals surface area contributed by atoms with Crippen LogP contribution in [0.5, 0.6) is 0 Å². The number of benzene rings is 1. The molecule has 0 saturated carbocycles. The first-order valence-electron chi connectivity index (χ1n) is 8.17. The van der Waals surface area contributed by atoms with E-state index in [-0.39, 0.29) is 11.7 Å². The average Bonchev–Trinajstić information content (AvgIpc) is 3.08. The molecule has 134 valence electrons. The summed E-state index contributed by atoms with van der Waals surface area (Å²) >= 11 is 0. The summed E-state index contributed by atoms with van der Waals surface area (Å²) in [5.74, 6) is 1.00. The molecule has 0 spiro atoms. The maximum absolute atomic E-state index is 12.9. The topological polar surface area (TPSA) is 92.9 Å². The fourth-order valence-corrected chi connectivity index (χ4v) is 2.33. The number of anilines is 1. The van der Waals surface area contributed by atoms with Crippen LogP contribution in [0, 0.1) is 12.7 Å². The van der Waals surface area contributed by atoms with Crippen molar-refractivity contribution in [3.8, 4) is 11.5 Å². The molecule has 0 atom stereocenters. The smallest absolute Gasteiger partial charge is 0.261 e. The molecule has 26 heavy (non-hydrogen) atoms. The van der Waals surface area contributed by atoms with Crippen molar-refractivity contribution in [3.63, 3.8) is 0 Å². The summed E-state index contributed by atoms with van der Waals surface area (Å²) in [5.41, 5.74) is 1.15. The van der Waals surface area contributed by atoms with Crippen molar-refractivity contribution in [2.45, 2.75) is 13.3 Å². The SMILES string of the molecule is Cc1noc(-c2cccnc2NCCCNC(=O)c2ccc(F)cc2)n1. The average molecular weight is 355 g/mol. The van der Waals surface area contributed by atoms with Crippen molar-refractivity contribution >= 4 is 11.7 Å². The number of rotatable bonds is 7. The zero-order valence-corrected chi connectivity index (χ0v) is 14.2. The number of halogens is 1. The van der Waals surface area contributed by atoms with Crippen LogP contribution >= 0.6 is 0 Å². The molecular weight excluding hydrogens is 337 g/mol. The van der Waals surface area contributed by atoms with E-state index >= 15 is 0 Å². The van der Waals surface area contributed by atoms with E-state index in [1.54, 1.807) is 19.2 Å². The summed E-state index contributed by atoms with van der Waals surface area (Å²) in [6.07, 6.45) is 2.36. The molecule has 2 heterocycles. The van der Waals surface area contributed by atoms with Crippen molar-refractivity contribution < 1.29 is 13.7 Å². The lowest BCUT2D eigenvalue weighted by molar-refractivity contribution is 0.0953. The van der Waals surface area contributed by atoms with Crippen LogP contribution in [0.4, 0.5) is 10.2 Å². The number of pyridine rings is 1. The van der Waals surface area contributed by atoms with Gasteiger partial charge in [0.2, 0.25) is 0 Å². The van der Waals surface area contributed by atoms with E-state index in [0.717, 1.165) is 5.56 Å². The van der Waals surface area contributed by atoms with Gasteiger partial charge < -0.3 is 15.2 Å². The zero-order chi connectivity index (χ0) is 18.4. The molecule has 2 aromatic heterocycles. The fraction of sp³-hybridized carbons (Fsp3) is 0.222. The van der Waals surface area contributed by atoms with E-state index in [1.807, 2.05) is 6.07 Å². The normalized spacial score (nSPS) is 10.5. The number of carbonyl (C=O) groups excluding carboxylic acids is 1. The Morgan fingerprint density at radius 1 is 1.19 bits per heavy atom. The van der Waals surface area contributed by atoms with Crippen LogP contribution in [0.1, 0.15) is 22.6 Å². The number of nitrogens with one attached hydrogen (secondary N) is 2. The highest BCUT2D eigenvalue weighted by atomic mass is 19.1. The van der Waals surface area contributed by atoms with Gasteiger partial charge in [0.05, 0.1) is 5.56 Å². The molecule has 0 aliphatic rings. The van der Waals surface area contributed by atoms with Gasteiger partial charge in [0.1, 0.15) is 11.6 Å². The second kappa shape index (κ2) is 8.19. The van der Waals surface area contributed by atoms with Crippen molar-refractivity contribution in [2.75, 3.05) is 18.4 Å². The number of aryl methyl sites for hydroxylation is 1. The van der Waals surface area contributed by atoms with Crippen LogP contribution < -0.4 is 10.6 Å². The van der Waals surface area contributed by atoms with Gasteiger partial charge in [-0.15, -0.1) is 0 Å². The van der Waals surface area contributed by atoms with E-state index < -0.39 is 0 Å². The molecule has 0 aliphatic carbocycles. The summed E-state index contributed by atoms with van der Waals surface area (Å²) in [4.78, 5) is 20.4. The Morgan fingerprint density at radius 3 is 2.73 bits per heavy atom. The van der Waals surface area contributed by atoms with Crippen LogP contribution in [-0.2, 0) is 0 Å². The molecule has 2 N–H and O–H groups in total.